The summed E-state index contributed by atoms with van der Waals surface area (Å²) in [5, 5.41) is 0. The van der Waals surface area contributed by atoms with E-state index in [0.29, 0.717) is 19.3 Å². The molecule has 0 N–H and O–H groups in total. The molecule has 0 amide bonds. The van der Waals surface area contributed by atoms with E-state index in [1.807, 2.05) is 0 Å². The molecule has 0 radical (unpaired) electrons. The standard InChI is InChI=1S/C21H37O4Si.3CH3.Sn/c1-7-19-14-20(25-21(19)22)13-17(2)9-8-10-18(3)15-24-16-23-11-12-26(4,5)6;;;;/h10,17,19-20H,1,8-9,11-16H2,2-6H3;3*1H3;/b18-10+;;;;/t17-,19+,20-;;;;/m1..../s1. The fraction of sp³-hybridized carbons (Fsp3) is 0.792. The normalized spacial score (nSPS) is 21.6. The average molecular weight is 545 g/mol. The minimum atomic E-state index is -2.27. The third kappa shape index (κ3) is 11.5. The van der Waals surface area contributed by atoms with Crippen LogP contribution in [0.4, 0.5) is 0 Å². The molecule has 0 saturated carbocycles. The van der Waals surface area contributed by atoms with Gasteiger partial charge in [0.05, 0.1) is 0 Å². The van der Waals surface area contributed by atoms with Crippen molar-refractivity contribution in [3.05, 3.63) is 21.8 Å². The number of carbonyl (C=O) groups is 1. The average Bonchev–Trinajstić information content (AvgIpc) is 2.95. The third-order valence-corrected chi connectivity index (χ3v) is 14.0. The van der Waals surface area contributed by atoms with Gasteiger partial charge in [0.15, 0.2) is 0 Å². The summed E-state index contributed by atoms with van der Waals surface area (Å²) in [7, 11) is -1.02. The van der Waals surface area contributed by atoms with Crippen molar-refractivity contribution in [3.63, 3.8) is 0 Å². The van der Waals surface area contributed by atoms with E-state index >= 15 is 0 Å². The molecule has 1 fully saturated rings. The Morgan fingerprint density at radius 2 is 1.97 bits per heavy atom. The van der Waals surface area contributed by atoms with Crippen molar-refractivity contribution in [2.24, 2.45) is 11.8 Å². The van der Waals surface area contributed by atoms with Gasteiger partial charge < -0.3 is 4.74 Å². The molecule has 30 heavy (non-hydrogen) atoms. The molecule has 0 aromatic rings. The molecule has 4 nitrogen and oxygen atoms in total. The molecule has 1 rings (SSSR count). The number of hydrogen-bond donors (Lipinski definition) is 0. The predicted molar refractivity (Wildman–Crippen MR) is 132 cm³/mol. The van der Waals surface area contributed by atoms with Crippen LogP contribution in [-0.2, 0) is 19.0 Å². The Balaban J connectivity index is 2.23. The molecule has 0 aromatic heterocycles. The summed E-state index contributed by atoms with van der Waals surface area (Å²) in [5.41, 5.74) is 1.25. The Bertz CT molecular complexity index is 589. The quantitative estimate of drug-likeness (QED) is 0.0830. The van der Waals surface area contributed by atoms with E-state index in [2.05, 4.69) is 61.0 Å². The van der Waals surface area contributed by atoms with Gasteiger partial charge in [0.2, 0.25) is 0 Å². The van der Waals surface area contributed by atoms with E-state index < -0.39 is 26.5 Å². The summed E-state index contributed by atoms with van der Waals surface area (Å²) in [4.78, 5) is 19.2. The van der Waals surface area contributed by atoms with E-state index in [4.69, 9.17) is 14.2 Å². The van der Waals surface area contributed by atoms with Gasteiger partial charge in [-0.15, -0.1) is 0 Å². The zero-order valence-electron chi connectivity index (χ0n) is 20.8. The molecular weight excluding hydrogens is 499 g/mol. The molecule has 1 heterocycles. The summed E-state index contributed by atoms with van der Waals surface area (Å²) in [6.07, 6.45) is 6.23. The van der Waals surface area contributed by atoms with Crippen LogP contribution >= 0.6 is 0 Å². The van der Waals surface area contributed by atoms with Crippen LogP contribution in [-0.4, -0.2) is 58.5 Å². The van der Waals surface area contributed by atoms with E-state index in [9.17, 15) is 4.79 Å². The summed E-state index contributed by atoms with van der Waals surface area (Å²) >= 11 is -2.27. The molecule has 1 saturated heterocycles. The van der Waals surface area contributed by atoms with Crippen LogP contribution < -0.4 is 0 Å². The van der Waals surface area contributed by atoms with Gasteiger partial charge >= 0.3 is 139 Å². The Morgan fingerprint density at radius 1 is 1.30 bits per heavy atom. The molecule has 0 spiro atoms. The van der Waals surface area contributed by atoms with Crippen LogP contribution in [0.1, 0.15) is 39.5 Å². The number of hydrogen-bond acceptors (Lipinski definition) is 4. The number of carbonyl (C=O) groups excluding carboxylic acids is 1. The first-order valence-corrected chi connectivity index (χ1v) is 25.2. The van der Waals surface area contributed by atoms with E-state index in [0.717, 1.165) is 32.3 Å². The van der Waals surface area contributed by atoms with Gasteiger partial charge in [0.25, 0.3) is 0 Å². The van der Waals surface area contributed by atoms with Gasteiger partial charge in [0.1, 0.15) is 6.79 Å². The summed E-state index contributed by atoms with van der Waals surface area (Å²) < 4.78 is 18.1. The van der Waals surface area contributed by atoms with Gasteiger partial charge in [-0.3, -0.25) is 0 Å². The van der Waals surface area contributed by atoms with Crippen molar-refractivity contribution < 1.29 is 19.0 Å². The zero-order valence-corrected chi connectivity index (χ0v) is 24.7. The SMILES string of the molecule is C=[C]([C@H]1C[C@@H](C[C@H](C)CC/C=C(\C)COCOCC[Si](C)(C)C)OC1=O)[Sn]([CH3])([CH3])[CH3]. The van der Waals surface area contributed by atoms with Crippen LogP contribution in [0.25, 0.3) is 0 Å². The molecule has 1 aliphatic heterocycles. The first-order valence-electron chi connectivity index (χ1n) is 11.5. The van der Waals surface area contributed by atoms with Crippen molar-refractivity contribution >= 4 is 32.4 Å². The Labute approximate surface area is 190 Å². The second-order valence-electron chi connectivity index (χ2n) is 11.3. The molecule has 0 bridgehead atoms. The Morgan fingerprint density at radius 3 is 2.57 bits per heavy atom. The van der Waals surface area contributed by atoms with Crippen molar-refractivity contribution in [2.75, 3.05) is 20.0 Å². The maximum absolute atomic E-state index is 12.3. The molecule has 174 valence electrons. The van der Waals surface area contributed by atoms with Gasteiger partial charge in [-0.25, -0.2) is 0 Å². The Hall–Kier alpha value is -0.114. The van der Waals surface area contributed by atoms with Crippen molar-refractivity contribution in [3.8, 4) is 0 Å². The maximum atomic E-state index is 12.3. The fourth-order valence-corrected chi connectivity index (χ4v) is 7.96. The monoisotopic (exact) mass is 546 g/mol. The summed E-state index contributed by atoms with van der Waals surface area (Å²) in [5.74, 6) is 0.442. The number of ether oxygens (including phenoxy) is 3. The van der Waals surface area contributed by atoms with Crippen molar-refractivity contribution in [1.29, 1.82) is 0 Å². The van der Waals surface area contributed by atoms with Crippen molar-refractivity contribution in [1.82, 2.24) is 0 Å². The second kappa shape index (κ2) is 12.8. The van der Waals surface area contributed by atoms with Crippen LogP contribution in [0.15, 0.2) is 21.8 Å². The molecule has 0 aromatic carbocycles. The number of allylic oxidation sites excluding steroid dienone is 1. The second-order valence-corrected chi connectivity index (χ2v) is 31.6. The van der Waals surface area contributed by atoms with E-state index in [1.54, 1.807) is 0 Å². The first kappa shape index (κ1) is 27.9. The minimum absolute atomic E-state index is 0.0382. The van der Waals surface area contributed by atoms with Gasteiger partial charge in [-0.05, 0) is 6.04 Å². The van der Waals surface area contributed by atoms with Crippen LogP contribution in [0.3, 0.4) is 0 Å². The van der Waals surface area contributed by atoms with Crippen LogP contribution in [0, 0.1) is 11.8 Å². The van der Waals surface area contributed by atoms with Crippen molar-refractivity contribution in [2.45, 2.75) is 86.1 Å². The number of esters is 1. The summed E-state index contributed by atoms with van der Waals surface area (Å²) in [6.45, 7) is 17.5. The van der Waals surface area contributed by atoms with Gasteiger partial charge in [-0.2, -0.15) is 0 Å². The van der Waals surface area contributed by atoms with Crippen LogP contribution in [0.5, 0.6) is 0 Å². The van der Waals surface area contributed by atoms with E-state index in [-0.39, 0.29) is 18.0 Å². The van der Waals surface area contributed by atoms with Crippen LogP contribution in [0.2, 0.25) is 40.5 Å². The topological polar surface area (TPSA) is 44.8 Å². The third-order valence-electron chi connectivity index (χ3n) is 5.76. The molecule has 0 aliphatic carbocycles. The molecule has 1 aliphatic rings. The Kier molecular flexibility index (Phi) is 11.9. The molecular formula is C24H46O4SiSn. The fourth-order valence-electron chi connectivity index (χ4n) is 3.54. The predicted octanol–water partition coefficient (Wildman–Crippen LogP) is 6.43. The van der Waals surface area contributed by atoms with Gasteiger partial charge in [-0.1, -0.05) is 19.6 Å². The molecule has 3 atom stereocenters. The first-order chi connectivity index (χ1) is 13.8. The molecule has 0 unspecified atom stereocenters. The van der Waals surface area contributed by atoms with Gasteiger partial charge in [0, 0.05) is 14.7 Å². The number of cyclic esters (lactones) is 1. The number of rotatable bonds is 14. The van der Waals surface area contributed by atoms with E-state index in [1.165, 1.54) is 15.2 Å². The molecule has 6 heteroatoms. The summed E-state index contributed by atoms with van der Waals surface area (Å²) in [6, 6.07) is 1.17. The zero-order chi connectivity index (χ0) is 22.9.